The lowest BCUT2D eigenvalue weighted by molar-refractivity contribution is -0.143. The maximum atomic E-state index is 12.0. The van der Waals surface area contributed by atoms with Gasteiger partial charge in [0.25, 0.3) is 0 Å². The molecule has 2 rings (SSSR count). The molecule has 1 atom stereocenters. The Labute approximate surface area is 118 Å². The molecule has 6 nitrogen and oxygen atoms in total. The fraction of sp³-hybridized carbons (Fsp3) is 0.786. The maximum Gasteiger partial charge on any atom is 0.311 e. The molecule has 20 heavy (non-hydrogen) atoms. The van der Waals surface area contributed by atoms with E-state index in [0.717, 1.165) is 0 Å². The van der Waals surface area contributed by atoms with Crippen LogP contribution in [0.1, 0.15) is 33.1 Å². The second-order valence-corrected chi connectivity index (χ2v) is 6.40. The van der Waals surface area contributed by atoms with Crippen LogP contribution in [0.2, 0.25) is 0 Å². The van der Waals surface area contributed by atoms with Crippen molar-refractivity contribution in [1.29, 1.82) is 0 Å². The van der Waals surface area contributed by atoms with E-state index in [4.69, 9.17) is 5.11 Å². The summed E-state index contributed by atoms with van der Waals surface area (Å²) < 4.78 is 0. The Bertz CT molecular complexity index is 429. The second kappa shape index (κ2) is 5.42. The molecule has 112 valence electrons. The molecule has 1 saturated carbocycles. The van der Waals surface area contributed by atoms with Crippen LogP contribution in [0.4, 0.5) is 0 Å². The van der Waals surface area contributed by atoms with E-state index in [1.165, 1.54) is 0 Å². The van der Waals surface area contributed by atoms with Crippen LogP contribution < -0.4 is 5.32 Å². The Balaban J connectivity index is 1.82. The minimum absolute atomic E-state index is 0.0122. The van der Waals surface area contributed by atoms with E-state index in [1.807, 2.05) is 13.8 Å². The number of aliphatic carboxylic acids is 1. The van der Waals surface area contributed by atoms with Crippen LogP contribution in [0.15, 0.2) is 0 Å². The average Bonchev–Trinajstić information content (AvgIpc) is 3.07. The summed E-state index contributed by atoms with van der Waals surface area (Å²) in [5, 5.41) is 11.8. The van der Waals surface area contributed by atoms with Gasteiger partial charge in [0.15, 0.2) is 0 Å². The van der Waals surface area contributed by atoms with Gasteiger partial charge in [-0.2, -0.15) is 0 Å². The second-order valence-electron chi connectivity index (χ2n) is 6.40. The van der Waals surface area contributed by atoms with Crippen LogP contribution in [-0.4, -0.2) is 47.4 Å². The minimum atomic E-state index is -0.846. The minimum Gasteiger partial charge on any atom is -0.481 e. The lowest BCUT2D eigenvalue weighted by atomic mass is 10.1. The number of carboxylic acids is 1. The van der Waals surface area contributed by atoms with Crippen molar-refractivity contribution in [3.8, 4) is 0 Å². The van der Waals surface area contributed by atoms with Gasteiger partial charge in [0.2, 0.25) is 11.8 Å². The third kappa shape index (κ3) is 3.11. The van der Waals surface area contributed by atoms with E-state index in [9.17, 15) is 14.4 Å². The van der Waals surface area contributed by atoms with Crippen molar-refractivity contribution in [3.05, 3.63) is 0 Å². The van der Waals surface area contributed by atoms with Crippen LogP contribution in [0.3, 0.4) is 0 Å². The zero-order valence-corrected chi connectivity index (χ0v) is 12.0. The highest BCUT2D eigenvalue weighted by Crippen LogP contribution is 2.45. The normalized spacial score (nSPS) is 24.1. The number of nitrogens with zero attached hydrogens (tertiary/aromatic N) is 1. The molecule has 0 aromatic rings. The van der Waals surface area contributed by atoms with E-state index >= 15 is 0 Å². The Kier molecular flexibility index (Phi) is 4.01. The monoisotopic (exact) mass is 282 g/mol. The molecule has 1 unspecified atom stereocenters. The Morgan fingerprint density at radius 3 is 2.60 bits per heavy atom. The summed E-state index contributed by atoms with van der Waals surface area (Å²) in [4.78, 5) is 36.6. The first-order valence-electron chi connectivity index (χ1n) is 7.13. The smallest absolute Gasteiger partial charge is 0.311 e. The average molecular weight is 282 g/mol. The summed E-state index contributed by atoms with van der Waals surface area (Å²) in [6.45, 7) is 5.36. The molecule has 2 fully saturated rings. The first kappa shape index (κ1) is 14.8. The van der Waals surface area contributed by atoms with Crippen molar-refractivity contribution in [2.75, 3.05) is 19.6 Å². The molecule has 2 amide bonds. The first-order valence-corrected chi connectivity index (χ1v) is 7.13. The number of rotatable bonds is 6. The highest BCUT2D eigenvalue weighted by atomic mass is 16.4. The van der Waals surface area contributed by atoms with E-state index in [2.05, 4.69) is 5.32 Å². The van der Waals surface area contributed by atoms with Crippen molar-refractivity contribution in [2.45, 2.75) is 33.1 Å². The van der Waals surface area contributed by atoms with Crippen molar-refractivity contribution in [3.63, 3.8) is 0 Å². The number of carbonyl (C=O) groups excluding carboxylic acids is 2. The predicted molar refractivity (Wildman–Crippen MR) is 71.8 cm³/mol. The molecule has 6 heteroatoms. The van der Waals surface area contributed by atoms with Crippen LogP contribution in [-0.2, 0) is 14.4 Å². The summed E-state index contributed by atoms with van der Waals surface area (Å²) in [5.74, 6) is -0.995. The van der Waals surface area contributed by atoms with E-state index in [1.54, 1.807) is 4.90 Å². The first-order chi connectivity index (χ1) is 9.34. The molecule has 1 aliphatic heterocycles. The molecule has 2 N–H and O–H groups in total. The Morgan fingerprint density at radius 1 is 1.45 bits per heavy atom. The van der Waals surface area contributed by atoms with Gasteiger partial charge in [0, 0.05) is 26.1 Å². The van der Waals surface area contributed by atoms with Gasteiger partial charge in [-0.25, -0.2) is 0 Å². The van der Waals surface area contributed by atoms with Gasteiger partial charge in [0.1, 0.15) is 0 Å². The maximum absolute atomic E-state index is 12.0. The molecular formula is C14H22N2O4. The SMILES string of the molecule is CC(C)CN1CC(C(=O)NCC2(C(=O)O)CC2)CC1=O. The van der Waals surface area contributed by atoms with E-state index in [-0.39, 0.29) is 30.7 Å². The number of likely N-dealkylation sites (tertiary alicyclic amines) is 1. The van der Waals surface area contributed by atoms with Crippen molar-refractivity contribution >= 4 is 17.8 Å². The van der Waals surface area contributed by atoms with Crippen LogP contribution in [0.25, 0.3) is 0 Å². The Morgan fingerprint density at radius 2 is 2.10 bits per heavy atom. The van der Waals surface area contributed by atoms with Crippen LogP contribution in [0.5, 0.6) is 0 Å². The van der Waals surface area contributed by atoms with Crippen molar-refractivity contribution in [2.24, 2.45) is 17.3 Å². The lowest BCUT2D eigenvalue weighted by Gasteiger charge is -2.19. The number of hydrogen-bond donors (Lipinski definition) is 2. The standard InChI is InChI=1S/C14H22N2O4/c1-9(2)6-16-7-10(5-11(16)17)12(18)15-8-14(3-4-14)13(19)20/h9-10H,3-8H2,1-2H3,(H,15,18)(H,19,20). The Hall–Kier alpha value is -1.59. The summed E-state index contributed by atoms with van der Waals surface area (Å²) in [6, 6.07) is 0. The fourth-order valence-electron chi connectivity index (χ4n) is 2.58. The van der Waals surface area contributed by atoms with Crippen molar-refractivity contribution < 1.29 is 19.5 Å². The number of carboxylic acid groups (broad SMARTS) is 1. The summed E-state index contributed by atoms with van der Waals surface area (Å²) in [6.07, 6.45) is 1.47. The fourth-order valence-corrected chi connectivity index (χ4v) is 2.58. The van der Waals surface area contributed by atoms with Gasteiger partial charge in [-0.1, -0.05) is 13.8 Å². The zero-order valence-electron chi connectivity index (χ0n) is 12.0. The molecule has 2 aliphatic rings. The number of nitrogens with one attached hydrogen (secondary N) is 1. The third-order valence-corrected chi connectivity index (χ3v) is 4.08. The highest BCUT2D eigenvalue weighted by molar-refractivity contribution is 5.89. The molecular weight excluding hydrogens is 260 g/mol. The summed E-state index contributed by atoms with van der Waals surface area (Å²) in [5.41, 5.74) is -0.754. The molecule has 0 aromatic carbocycles. The molecule has 0 aromatic heterocycles. The zero-order chi connectivity index (χ0) is 14.9. The summed E-state index contributed by atoms with van der Waals surface area (Å²) >= 11 is 0. The summed E-state index contributed by atoms with van der Waals surface area (Å²) in [7, 11) is 0. The highest BCUT2D eigenvalue weighted by Gasteiger charge is 2.50. The molecule has 0 spiro atoms. The number of hydrogen-bond acceptors (Lipinski definition) is 3. The van der Waals surface area contributed by atoms with Gasteiger partial charge in [-0.05, 0) is 18.8 Å². The van der Waals surface area contributed by atoms with Gasteiger partial charge in [0.05, 0.1) is 11.3 Å². The topological polar surface area (TPSA) is 86.7 Å². The largest absolute Gasteiger partial charge is 0.481 e. The molecule has 1 heterocycles. The molecule has 1 saturated heterocycles. The third-order valence-electron chi connectivity index (χ3n) is 4.08. The van der Waals surface area contributed by atoms with E-state index in [0.29, 0.717) is 31.8 Å². The lowest BCUT2D eigenvalue weighted by Crippen LogP contribution is -2.39. The predicted octanol–water partition coefficient (Wildman–Crippen LogP) is 0.472. The van der Waals surface area contributed by atoms with Gasteiger partial charge in [-0.15, -0.1) is 0 Å². The van der Waals surface area contributed by atoms with Crippen molar-refractivity contribution in [1.82, 2.24) is 10.2 Å². The van der Waals surface area contributed by atoms with Crippen LogP contribution in [0, 0.1) is 17.3 Å². The van der Waals surface area contributed by atoms with E-state index < -0.39 is 11.4 Å². The van der Waals surface area contributed by atoms with Gasteiger partial charge >= 0.3 is 5.97 Å². The quantitative estimate of drug-likeness (QED) is 0.741. The molecule has 0 bridgehead atoms. The van der Waals surface area contributed by atoms with Gasteiger partial charge in [-0.3, -0.25) is 14.4 Å². The number of carbonyl (C=O) groups is 3. The molecule has 0 radical (unpaired) electrons. The van der Waals surface area contributed by atoms with Crippen LogP contribution >= 0.6 is 0 Å². The van der Waals surface area contributed by atoms with Gasteiger partial charge < -0.3 is 15.3 Å². The molecule has 1 aliphatic carbocycles. The number of amides is 2.